The first-order valence-corrected chi connectivity index (χ1v) is 8.72. The molecule has 8 nitrogen and oxygen atoms in total. The molecule has 0 saturated carbocycles. The van der Waals surface area contributed by atoms with Gasteiger partial charge in [-0.3, -0.25) is 9.48 Å². The number of nitrogens with one attached hydrogen (secondary N) is 1. The van der Waals surface area contributed by atoms with Crippen LogP contribution in [-0.2, 0) is 23.0 Å². The van der Waals surface area contributed by atoms with E-state index in [-0.39, 0.29) is 29.2 Å². The third kappa shape index (κ3) is 5.21. The van der Waals surface area contributed by atoms with Gasteiger partial charge in [0.1, 0.15) is 0 Å². The number of rotatable bonds is 8. The minimum Gasteiger partial charge on any atom is -0.493 e. The van der Waals surface area contributed by atoms with Gasteiger partial charge in [-0.15, -0.1) is 0 Å². The van der Waals surface area contributed by atoms with E-state index in [1.807, 2.05) is 20.9 Å². The monoisotopic (exact) mass is 411 g/mol. The van der Waals surface area contributed by atoms with Crippen LogP contribution in [0.25, 0.3) is 0 Å². The molecule has 1 N–H and O–H groups in total. The second-order valence-corrected chi connectivity index (χ2v) is 6.24. The maximum absolute atomic E-state index is 12.7. The zero-order valence-electron chi connectivity index (χ0n) is 16.8. The predicted octanol–water partition coefficient (Wildman–Crippen LogP) is 3.00. The number of amides is 1. The highest BCUT2D eigenvalue weighted by atomic mass is 19.3. The van der Waals surface area contributed by atoms with E-state index in [9.17, 15) is 18.4 Å². The number of ether oxygens (including phenoxy) is 3. The number of benzene rings is 1. The molecule has 10 heteroatoms. The topological polar surface area (TPSA) is 91.7 Å². The Balaban J connectivity index is 2.26. The Hall–Kier alpha value is -3.17. The van der Waals surface area contributed by atoms with Crippen LogP contribution in [0.5, 0.6) is 11.5 Å². The number of aryl methyl sites for hydroxylation is 2. The summed E-state index contributed by atoms with van der Waals surface area (Å²) in [5.41, 5.74) is 2.66. The number of carbonyl (C=O) groups is 2. The molecule has 2 aromatic rings. The average molecular weight is 411 g/mol. The standard InChI is InChI=1S/C19H23F2N3O5/c1-10-12(11(2)24(3)23-10)6-7-17(25)22-14-9-16(29-19(20)21)15(27-4)8-13(14)18(26)28-5/h8-9,19H,6-7H2,1-5H3,(H,22,25). The van der Waals surface area contributed by atoms with Crippen LogP contribution in [0.3, 0.4) is 0 Å². The maximum atomic E-state index is 12.7. The second-order valence-electron chi connectivity index (χ2n) is 6.24. The van der Waals surface area contributed by atoms with Crippen molar-refractivity contribution in [2.24, 2.45) is 7.05 Å². The number of alkyl halides is 2. The molecule has 158 valence electrons. The van der Waals surface area contributed by atoms with Crippen molar-refractivity contribution in [1.82, 2.24) is 9.78 Å². The fraction of sp³-hybridized carbons (Fsp3) is 0.421. The number of nitrogens with zero attached hydrogens (tertiary/aromatic N) is 2. The van der Waals surface area contributed by atoms with Gasteiger partial charge in [0.2, 0.25) is 5.91 Å². The van der Waals surface area contributed by atoms with Gasteiger partial charge in [-0.2, -0.15) is 13.9 Å². The van der Waals surface area contributed by atoms with E-state index in [1.165, 1.54) is 13.2 Å². The van der Waals surface area contributed by atoms with Crippen molar-refractivity contribution >= 4 is 17.6 Å². The van der Waals surface area contributed by atoms with Gasteiger partial charge in [0.05, 0.1) is 31.2 Å². The molecule has 29 heavy (non-hydrogen) atoms. The molecule has 0 saturated heterocycles. The number of hydrogen-bond donors (Lipinski definition) is 1. The number of anilines is 1. The molecule has 0 aliphatic heterocycles. The normalized spacial score (nSPS) is 10.8. The lowest BCUT2D eigenvalue weighted by atomic mass is 10.1. The van der Waals surface area contributed by atoms with E-state index in [4.69, 9.17) is 9.47 Å². The molecular weight excluding hydrogens is 388 g/mol. The molecule has 1 heterocycles. The van der Waals surface area contributed by atoms with Crippen LogP contribution in [0, 0.1) is 13.8 Å². The first kappa shape index (κ1) is 22.1. The zero-order valence-corrected chi connectivity index (χ0v) is 16.8. The summed E-state index contributed by atoms with van der Waals surface area (Å²) in [6, 6.07) is 2.28. The minimum atomic E-state index is -3.10. The van der Waals surface area contributed by atoms with Gasteiger partial charge in [-0.25, -0.2) is 4.79 Å². The number of carbonyl (C=O) groups excluding carboxylic acids is 2. The van der Waals surface area contributed by atoms with Gasteiger partial charge in [0.15, 0.2) is 11.5 Å². The van der Waals surface area contributed by atoms with Crippen LogP contribution in [0.2, 0.25) is 0 Å². The van der Waals surface area contributed by atoms with Crippen LogP contribution < -0.4 is 14.8 Å². The first-order chi connectivity index (χ1) is 13.7. The quantitative estimate of drug-likeness (QED) is 0.672. The van der Waals surface area contributed by atoms with Crippen molar-refractivity contribution in [1.29, 1.82) is 0 Å². The van der Waals surface area contributed by atoms with E-state index in [0.717, 1.165) is 30.1 Å². The highest BCUT2D eigenvalue weighted by molar-refractivity contribution is 6.02. The van der Waals surface area contributed by atoms with Gasteiger partial charge >= 0.3 is 12.6 Å². The molecule has 1 aromatic heterocycles. The molecule has 0 atom stereocenters. The molecule has 0 radical (unpaired) electrons. The first-order valence-electron chi connectivity index (χ1n) is 8.72. The zero-order chi connectivity index (χ0) is 21.7. The van der Waals surface area contributed by atoms with Crippen LogP contribution in [-0.4, -0.2) is 42.5 Å². The number of methoxy groups -OCH3 is 2. The van der Waals surface area contributed by atoms with E-state index in [1.54, 1.807) is 4.68 Å². The third-order valence-corrected chi connectivity index (χ3v) is 4.46. The maximum Gasteiger partial charge on any atom is 0.387 e. The van der Waals surface area contributed by atoms with E-state index < -0.39 is 18.5 Å². The molecule has 0 bridgehead atoms. The molecule has 1 amide bonds. The number of esters is 1. The highest BCUT2D eigenvalue weighted by Gasteiger charge is 2.21. The lowest BCUT2D eigenvalue weighted by molar-refractivity contribution is -0.116. The predicted molar refractivity (Wildman–Crippen MR) is 101 cm³/mol. The molecule has 0 fully saturated rings. The van der Waals surface area contributed by atoms with E-state index >= 15 is 0 Å². The van der Waals surface area contributed by atoms with Crippen molar-refractivity contribution in [2.75, 3.05) is 19.5 Å². The minimum absolute atomic E-state index is 0.0158. The Morgan fingerprint density at radius 3 is 2.41 bits per heavy atom. The summed E-state index contributed by atoms with van der Waals surface area (Å²) in [6.07, 6.45) is 0.534. The summed E-state index contributed by atoms with van der Waals surface area (Å²) in [6.45, 7) is 0.653. The number of halogens is 2. The van der Waals surface area contributed by atoms with Crippen LogP contribution in [0.1, 0.15) is 33.7 Å². The van der Waals surface area contributed by atoms with Crippen molar-refractivity contribution in [2.45, 2.75) is 33.3 Å². The van der Waals surface area contributed by atoms with Crippen molar-refractivity contribution < 1.29 is 32.6 Å². The van der Waals surface area contributed by atoms with Crippen LogP contribution in [0.4, 0.5) is 14.5 Å². The number of aromatic nitrogens is 2. The largest absolute Gasteiger partial charge is 0.493 e. The summed E-state index contributed by atoms with van der Waals surface area (Å²) in [5.74, 6) is -1.58. The second kappa shape index (κ2) is 9.35. The number of hydrogen-bond acceptors (Lipinski definition) is 6. The van der Waals surface area contributed by atoms with Crippen LogP contribution in [0.15, 0.2) is 12.1 Å². The van der Waals surface area contributed by atoms with Crippen molar-refractivity contribution in [3.63, 3.8) is 0 Å². The summed E-state index contributed by atoms with van der Waals surface area (Å²) in [5, 5.41) is 6.86. The molecule has 0 aliphatic carbocycles. The fourth-order valence-electron chi connectivity index (χ4n) is 2.92. The van der Waals surface area contributed by atoms with Gasteiger partial charge in [-0.05, 0) is 25.8 Å². The highest BCUT2D eigenvalue weighted by Crippen LogP contribution is 2.35. The van der Waals surface area contributed by atoms with Gasteiger partial charge < -0.3 is 19.5 Å². The lowest BCUT2D eigenvalue weighted by Crippen LogP contribution is -2.17. The smallest absolute Gasteiger partial charge is 0.387 e. The Morgan fingerprint density at radius 2 is 1.90 bits per heavy atom. The Kier molecular flexibility index (Phi) is 7.13. The summed E-state index contributed by atoms with van der Waals surface area (Å²) < 4.78 is 41.2. The molecule has 0 aliphatic rings. The third-order valence-electron chi connectivity index (χ3n) is 4.46. The van der Waals surface area contributed by atoms with Gasteiger partial charge in [0.25, 0.3) is 0 Å². The average Bonchev–Trinajstić information content (AvgIpc) is 2.90. The Bertz CT molecular complexity index is 912. The fourth-order valence-corrected chi connectivity index (χ4v) is 2.92. The Labute approximate surface area is 166 Å². The molecule has 0 spiro atoms. The van der Waals surface area contributed by atoms with Gasteiger partial charge in [-0.1, -0.05) is 0 Å². The van der Waals surface area contributed by atoms with E-state index in [2.05, 4.69) is 15.2 Å². The molecular formula is C19H23F2N3O5. The lowest BCUT2D eigenvalue weighted by Gasteiger charge is -2.15. The summed E-state index contributed by atoms with van der Waals surface area (Å²) in [4.78, 5) is 24.5. The van der Waals surface area contributed by atoms with E-state index in [0.29, 0.717) is 6.42 Å². The van der Waals surface area contributed by atoms with Crippen molar-refractivity contribution in [3.05, 3.63) is 34.6 Å². The molecule has 2 rings (SSSR count). The summed E-state index contributed by atoms with van der Waals surface area (Å²) >= 11 is 0. The SMILES string of the molecule is COC(=O)c1cc(OC)c(OC(F)F)cc1NC(=O)CCc1c(C)nn(C)c1C. The van der Waals surface area contributed by atoms with Crippen molar-refractivity contribution in [3.8, 4) is 11.5 Å². The Morgan fingerprint density at radius 1 is 1.21 bits per heavy atom. The van der Waals surface area contributed by atoms with Gasteiger partial charge in [0, 0.05) is 31.3 Å². The van der Waals surface area contributed by atoms with Crippen LogP contribution >= 0.6 is 0 Å². The molecule has 1 aromatic carbocycles. The summed E-state index contributed by atoms with van der Waals surface area (Å²) in [7, 11) is 4.22. The molecule has 0 unspecified atom stereocenters.